The molecule has 0 radical (unpaired) electrons. The molecular formula is C16H15NO5. The molecule has 0 spiro atoms. The van der Waals surface area contributed by atoms with Crippen LogP contribution in [-0.4, -0.2) is 31.2 Å². The van der Waals surface area contributed by atoms with Crippen LogP contribution in [0, 0.1) is 0 Å². The molecule has 0 unspecified atom stereocenters. The number of carboxylic acid groups (broad SMARTS) is 1. The molecule has 2 aromatic rings. The van der Waals surface area contributed by atoms with Gasteiger partial charge in [0.1, 0.15) is 0 Å². The van der Waals surface area contributed by atoms with Crippen molar-refractivity contribution in [2.75, 3.05) is 19.5 Å². The summed E-state index contributed by atoms with van der Waals surface area (Å²) in [6.45, 7) is 0. The number of carbonyl (C=O) groups is 2. The third kappa shape index (κ3) is 3.35. The predicted octanol–water partition coefficient (Wildman–Crippen LogP) is 2.65. The first-order chi connectivity index (χ1) is 10.5. The lowest BCUT2D eigenvalue weighted by molar-refractivity contribution is 0.0696. The molecule has 0 aliphatic heterocycles. The number of nitrogens with one attached hydrogen (secondary N) is 1. The fourth-order valence-electron chi connectivity index (χ4n) is 1.88. The van der Waals surface area contributed by atoms with E-state index in [0.29, 0.717) is 22.7 Å². The first kappa shape index (κ1) is 15.4. The zero-order chi connectivity index (χ0) is 16.1. The quantitative estimate of drug-likeness (QED) is 0.887. The third-order valence-electron chi connectivity index (χ3n) is 3.04. The summed E-state index contributed by atoms with van der Waals surface area (Å²) in [4.78, 5) is 23.0. The number of carbonyl (C=O) groups excluding carboxylic acids is 1. The van der Waals surface area contributed by atoms with Crippen molar-refractivity contribution in [3.05, 3.63) is 53.6 Å². The highest BCUT2D eigenvalue weighted by Crippen LogP contribution is 2.27. The van der Waals surface area contributed by atoms with Gasteiger partial charge in [0.05, 0.1) is 19.8 Å². The fourth-order valence-corrected chi connectivity index (χ4v) is 1.88. The molecule has 6 nitrogen and oxygen atoms in total. The van der Waals surface area contributed by atoms with E-state index in [1.54, 1.807) is 18.2 Å². The van der Waals surface area contributed by atoms with Gasteiger partial charge in [-0.15, -0.1) is 0 Å². The first-order valence-corrected chi connectivity index (χ1v) is 6.42. The van der Waals surface area contributed by atoms with Crippen LogP contribution in [0.1, 0.15) is 20.7 Å². The molecule has 2 rings (SSSR count). The molecule has 2 aromatic carbocycles. The van der Waals surface area contributed by atoms with Gasteiger partial charge in [-0.25, -0.2) is 4.79 Å². The summed E-state index contributed by atoms with van der Waals surface area (Å²) >= 11 is 0. The zero-order valence-electron chi connectivity index (χ0n) is 12.1. The lowest BCUT2D eigenvalue weighted by Crippen LogP contribution is -2.12. The summed E-state index contributed by atoms with van der Waals surface area (Å²) in [5, 5.41) is 11.5. The number of benzene rings is 2. The Labute approximate surface area is 127 Å². The van der Waals surface area contributed by atoms with Crippen LogP contribution in [0.25, 0.3) is 0 Å². The molecule has 0 aliphatic rings. The van der Waals surface area contributed by atoms with Gasteiger partial charge in [-0.1, -0.05) is 0 Å². The summed E-state index contributed by atoms with van der Waals surface area (Å²) in [5.74, 6) is -0.358. The summed E-state index contributed by atoms with van der Waals surface area (Å²) in [5.41, 5.74) is 1.06. The van der Waals surface area contributed by atoms with Crippen LogP contribution in [0.2, 0.25) is 0 Å². The van der Waals surface area contributed by atoms with E-state index in [2.05, 4.69) is 5.32 Å². The Morgan fingerprint density at radius 2 is 1.50 bits per heavy atom. The minimum absolute atomic E-state index is 0.157. The number of ether oxygens (including phenoxy) is 2. The maximum atomic E-state index is 12.2. The second-order valence-electron chi connectivity index (χ2n) is 4.41. The van der Waals surface area contributed by atoms with Crippen molar-refractivity contribution in [3.63, 3.8) is 0 Å². The van der Waals surface area contributed by atoms with Crippen molar-refractivity contribution >= 4 is 17.6 Å². The van der Waals surface area contributed by atoms with E-state index >= 15 is 0 Å². The molecule has 0 atom stereocenters. The zero-order valence-corrected chi connectivity index (χ0v) is 12.1. The van der Waals surface area contributed by atoms with Gasteiger partial charge in [0.15, 0.2) is 11.5 Å². The average Bonchev–Trinajstić information content (AvgIpc) is 2.54. The summed E-state index contributed by atoms with van der Waals surface area (Å²) in [7, 11) is 3.01. The van der Waals surface area contributed by atoms with Crippen LogP contribution in [0.15, 0.2) is 42.5 Å². The lowest BCUT2D eigenvalue weighted by atomic mass is 10.1. The summed E-state index contributed by atoms with van der Waals surface area (Å²) in [6, 6.07) is 10.7. The molecule has 0 saturated carbocycles. The largest absolute Gasteiger partial charge is 0.493 e. The van der Waals surface area contributed by atoms with E-state index in [-0.39, 0.29) is 11.5 Å². The number of methoxy groups -OCH3 is 2. The van der Waals surface area contributed by atoms with Crippen LogP contribution in [-0.2, 0) is 0 Å². The molecule has 2 N–H and O–H groups in total. The highest BCUT2D eigenvalue weighted by molar-refractivity contribution is 6.04. The number of anilines is 1. The van der Waals surface area contributed by atoms with Crippen LogP contribution < -0.4 is 14.8 Å². The minimum atomic E-state index is -1.02. The van der Waals surface area contributed by atoms with E-state index < -0.39 is 5.97 Å². The van der Waals surface area contributed by atoms with Gasteiger partial charge in [-0.3, -0.25) is 4.79 Å². The Hall–Kier alpha value is -3.02. The van der Waals surface area contributed by atoms with Crippen molar-refractivity contribution in [2.45, 2.75) is 0 Å². The number of rotatable bonds is 5. The SMILES string of the molecule is COc1ccc(C(=O)Nc2ccc(C(=O)O)cc2)cc1OC. The highest BCUT2D eigenvalue weighted by Gasteiger charge is 2.11. The van der Waals surface area contributed by atoms with Crippen LogP contribution in [0.4, 0.5) is 5.69 Å². The molecule has 22 heavy (non-hydrogen) atoms. The van der Waals surface area contributed by atoms with Gasteiger partial charge in [-0.2, -0.15) is 0 Å². The van der Waals surface area contributed by atoms with Crippen molar-refractivity contribution in [2.24, 2.45) is 0 Å². The molecule has 6 heteroatoms. The van der Waals surface area contributed by atoms with Crippen molar-refractivity contribution < 1.29 is 24.2 Å². The molecule has 0 aromatic heterocycles. The lowest BCUT2D eigenvalue weighted by Gasteiger charge is -2.10. The van der Waals surface area contributed by atoms with Crippen LogP contribution >= 0.6 is 0 Å². The topological polar surface area (TPSA) is 84.9 Å². The Bertz CT molecular complexity index is 694. The Balaban J connectivity index is 2.16. The van der Waals surface area contributed by atoms with Crippen molar-refractivity contribution in [1.82, 2.24) is 0 Å². The number of amides is 1. The molecule has 0 bridgehead atoms. The monoisotopic (exact) mass is 301 g/mol. The second-order valence-corrected chi connectivity index (χ2v) is 4.41. The second kappa shape index (κ2) is 6.62. The number of carboxylic acids is 1. The summed E-state index contributed by atoms with van der Waals surface area (Å²) < 4.78 is 10.3. The maximum absolute atomic E-state index is 12.2. The van der Waals surface area contributed by atoms with E-state index in [1.807, 2.05) is 0 Å². The Kier molecular flexibility index (Phi) is 4.63. The van der Waals surface area contributed by atoms with Crippen molar-refractivity contribution in [3.8, 4) is 11.5 Å². The number of aromatic carboxylic acids is 1. The van der Waals surface area contributed by atoms with Gasteiger partial charge in [0.2, 0.25) is 0 Å². The van der Waals surface area contributed by atoms with Crippen molar-refractivity contribution in [1.29, 1.82) is 0 Å². The maximum Gasteiger partial charge on any atom is 0.335 e. The van der Waals surface area contributed by atoms with Crippen LogP contribution in [0.3, 0.4) is 0 Å². The van der Waals surface area contributed by atoms with Gasteiger partial charge in [0.25, 0.3) is 5.91 Å². The highest BCUT2D eigenvalue weighted by atomic mass is 16.5. The molecular weight excluding hydrogens is 286 g/mol. The molecule has 0 fully saturated rings. The standard InChI is InChI=1S/C16H15NO5/c1-21-13-8-5-11(9-14(13)22-2)15(18)17-12-6-3-10(4-7-12)16(19)20/h3-9H,1-2H3,(H,17,18)(H,19,20). The number of hydrogen-bond acceptors (Lipinski definition) is 4. The Morgan fingerprint density at radius 3 is 2.05 bits per heavy atom. The van der Waals surface area contributed by atoms with E-state index in [9.17, 15) is 9.59 Å². The van der Waals surface area contributed by atoms with Crippen LogP contribution in [0.5, 0.6) is 11.5 Å². The van der Waals surface area contributed by atoms with E-state index in [1.165, 1.54) is 38.5 Å². The third-order valence-corrected chi connectivity index (χ3v) is 3.04. The van der Waals surface area contributed by atoms with Gasteiger partial charge in [0, 0.05) is 11.3 Å². The van der Waals surface area contributed by atoms with E-state index in [4.69, 9.17) is 14.6 Å². The number of hydrogen-bond donors (Lipinski definition) is 2. The molecule has 1 amide bonds. The van der Waals surface area contributed by atoms with E-state index in [0.717, 1.165) is 0 Å². The van der Waals surface area contributed by atoms with Gasteiger partial charge >= 0.3 is 5.97 Å². The molecule has 0 heterocycles. The Morgan fingerprint density at radius 1 is 0.909 bits per heavy atom. The predicted molar refractivity (Wildman–Crippen MR) is 80.9 cm³/mol. The minimum Gasteiger partial charge on any atom is -0.493 e. The molecule has 0 saturated heterocycles. The first-order valence-electron chi connectivity index (χ1n) is 6.42. The fraction of sp³-hybridized carbons (Fsp3) is 0.125. The van der Waals surface area contributed by atoms with Gasteiger partial charge < -0.3 is 19.9 Å². The average molecular weight is 301 g/mol. The normalized spacial score (nSPS) is 9.91. The molecule has 0 aliphatic carbocycles. The molecule has 114 valence electrons. The smallest absolute Gasteiger partial charge is 0.335 e. The van der Waals surface area contributed by atoms with Gasteiger partial charge in [-0.05, 0) is 42.5 Å². The summed E-state index contributed by atoms with van der Waals surface area (Å²) in [6.07, 6.45) is 0.